The minimum Gasteiger partial charge on any atom is -0.352 e. The maximum atomic E-state index is 12.6. The van der Waals surface area contributed by atoms with Crippen molar-refractivity contribution in [3.63, 3.8) is 0 Å². The lowest BCUT2D eigenvalue weighted by Crippen LogP contribution is -2.34. The van der Waals surface area contributed by atoms with Crippen LogP contribution in [0.2, 0.25) is 0 Å². The maximum Gasteiger partial charge on any atom is 0.223 e. The Morgan fingerprint density at radius 2 is 1.74 bits per heavy atom. The number of hydrogen-bond acceptors (Lipinski definition) is 3. The van der Waals surface area contributed by atoms with Crippen LogP contribution in [-0.2, 0) is 17.9 Å². The van der Waals surface area contributed by atoms with Gasteiger partial charge in [-0.3, -0.25) is 9.69 Å². The first kappa shape index (κ1) is 22.5. The Bertz CT molecular complexity index is 613. The van der Waals surface area contributed by atoms with Crippen LogP contribution in [0.4, 0.5) is 0 Å². The first-order valence-electron chi connectivity index (χ1n) is 10.0. The van der Waals surface area contributed by atoms with Crippen LogP contribution in [0, 0.1) is 11.3 Å². The lowest BCUT2D eigenvalue weighted by Gasteiger charge is -2.27. The Labute approximate surface area is 175 Å². The molecule has 4 nitrogen and oxygen atoms in total. The molecular weight excluding hydrogens is 381 g/mol. The summed E-state index contributed by atoms with van der Waals surface area (Å²) in [7, 11) is 0. The molecule has 2 saturated heterocycles. The summed E-state index contributed by atoms with van der Waals surface area (Å²) in [5.41, 5.74) is 2.97. The van der Waals surface area contributed by atoms with Gasteiger partial charge in [0.1, 0.15) is 0 Å². The Kier molecular flexibility index (Phi) is 8.41. The summed E-state index contributed by atoms with van der Waals surface area (Å²) in [6.07, 6.45) is 7.42. The van der Waals surface area contributed by atoms with E-state index in [1.165, 1.54) is 43.5 Å². The molecule has 1 saturated carbocycles. The van der Waals surface area contributed by atoms with Crippen molar-refractivity contribution >= 4 is 30.7 Å². The van der Waals surface area contributed by atoms with Crippen LogP contribution in [-0.4, -0.2) is 37.0 Å². The fraction of sp³-hybridized carbons (Fsp3) is 0.667. The summed E-state index contributed by atoms with van der Waals surface area (Å²) in [5.74, 6) is 0.526. The molecule has 1 atom stereocenters. The van der Waals surface area contributed by atoms with Gasteiger partial charge in [0, 0.05) is 19.0 Å². The van der Waals surface area contributed by atoms with Crippen molar-refractivity contribution in [1.29, 1.82) is 0 Å². The average Bonchev–Trinajstić information content (AvgIpc) is 3.35. The van der Waals surface area contributed by atoms with Gasteiger partial charge < -0.3 is 10.6 Å². The number of carbonyl (C=O) groups is 1. The second kappa shape index (κ2) is 10.1. The molecule has 1 aromatic rings. The molecule has 2 aliphatic heterocycles. The molecule has 3 fully saturated rings. The maximum absolute atomic E-state index is 12.6. The van der Waals surface area contributed by atoms with Crippen LogP contribution in [0.1, 0.15) is 49.7 Å². The van der Waals surface area contributed by atoms with Crippen LogP contribution in [0.25, 0.3) is 0 Å². The van der Waals surface area contributed by atoms with Gasteiger partial charge in [-0.25, -0.2) is 0 Å². The largest absolute Gasteiger partial charge is 0.352 e. The molecule has 1 unspecified atom stereocenters. The van der Waals surface area contributed by atoms with Crippen molar-refractivity contribution in [1.82, 2.24) is 15.5 Å². The third-order valence-corrected chi connectivity index (χ3v) is 6.52. The van der Waals surface area contributed by atoms with E-state index in [9.17, 15) is 4.79 Å². The number of nitrogens with zero attached hydrogens (tertiary/aromatic N) is 1. The van der Waals surface area contributed by atoms with Crippen molar-refractivity contribution in [2.24, 2.45) is 11.3 Å². The quantitative estimate of drug-likeness (QED) is 0.775. The molecule has 4 rings (SSSR count). The first-order chi connectivity index (χ1) is 12.3. The number of benzene rings is 1. The monoisotopic (exact) mass is 413 g/mol. The third kappa shape index (κ3) is 5.38. The fourth-order valence-corrected chi connectivity index (χ4v) is 4.74. The molecule has 0 bridgehead atoms. The highest BCUT2D eigenvalue weighted by Crippen LogP contribution is 2.58. The number of halogens is 2. The molecule has 1 aromatic carbocycles. The third-order valence-electron chi connectivity index (χ3n) is 6.52. The van der Waals surface area contributed by atoms with Gasteiger partial charge in [0.25, 0.3) is 0 Å². The lowest BCUT2D eigenvalue weighted by molar-refractivity contribution is -0.123. The predicted octanol–water partition coefficient (Wildman–Crippen LogP) is 3.52. The standard InChI is InChI=1S/C21H31N3O.2ClH/c25-20(19-14-21(19)8-10-22-11-9-21)23-15-17-6-2-3-7-18(17)16-24-12-4-1-5-13-24;;/h2-3,6-7,19,22H,1,4-5,8-16H2,(H,23,25);2*1H. The highest BCUT2D eigenvalue weighted by molar-refractivity contribution is 5.85. The van der Waals surface area contributed by atoms with E-state index >= 15 is 0 Å². The van der Waals surface area contributed by atoms with E-state index in [-0.39, 0.29) is 36.6 Å². The van der Waals surface area contributed by atoms with E-state index in [1.54, 1.807) is 0 Å². The normalized spacial score (nSPS) is 23.8. The van der Waals surface area contributed by atoms with E-state index in [0.29, 0.717) is 12.0 Å². The van der Waals surface area contributed by atoms with Crippen LogP contribution < -0.4 is 10.6 Å². The second-order valence-corrected chi connectivity index (χ2v) is 8.19. The molecule has 0 aromatic heterocycles. The lowest BCUT2D eigenvalue weighted by atomic mass is 9.92. The van der Waals surface area contributed by atoms with Crippen LogP contribution in [0.15, 0.2) is 24.3 Å². The molecule has 2 heterocycles. The zero-order valence-electron chi connectivity index (χ0n) is 16.0. The van der Waals surface area contributed by atoms with Gasteiger partial charge in [-0.2, -0.15) is 0 Å². The van der Waals surface area contributed by atoms with Crippen molar-refractivity contribution in [2.75, 3.05) is 26.2 Å². The fourth-order valence-electron chi connectivity index (χ4n) is 4.74. The summed E-state index contributed by atoms with van der Waals surface area (Å²) in [6.45, 7) is 6.25. The first-order valence-corrected chi connectivity index (χ1v) is 10.0. The van der Waals surface area contributed by atoms with E-state index in [1.807, 2.05) is 0 Å². The average molecular weight is 414 g/mol. The zero-order valence-corrected chi connectivity index (χ0v) is 17.7. The molecule has 1 aliphatic carbocycles. The number of rotatable bonds is 5. The molecule has 6 heteroatoms. The Balaban J connectivity index is 0.00000131. The van der Waals surface area contributed by atoms with Gasteiger partial charge in [0.05, 0.1) is 0 Å². The van der Waals surface area contributed by atoms with E-state index in [4.69, 9.17) is 0 Å². The molecule has 3 aliphatic rings. The van der Waals surface area contributed by atoms with Crippen molar-refractivity contribution in [3.8, 4) is 0 Å². The minimum absolute atomic E-state index is 0. The Morgan fingerprint density at radius 3 is 2.44 bits per heavy atom. The highest BCUT2D eigenvalue weighted by atomic mass is 35.5. The highest BCUT2D eigenvalue weighted by Gasteiger charge is 2.57. The number of carbonyl (C=O) groups excluding carboxylic acids is 1. The van der Waals surface area contributed by atoms with Gasteiger partial charge in [-0.05, 0) is 74.8 Å². The van der Waals surface area contributed by atoms with E-state index < -0.39 is 0 Å². The zero-order chi connectivity index (χ0) is 17.1. The topological polar surface area (TPSA) is 44.4 Å². The van der Waals surface area contributed by atoms with Gasteiger partial charge in [0.2, 0.25) is 5.91 Å². The number of likely N-dealkylation sites (tertiary alicyclic amines) is 1. The predicted molar refractivity (Wildman–Crippen MR) is 115 cm³/mol. The van der Waals surface area contributed by atoms with Gasteiger partial charge >= 0.3 is 0 Å². The Morgan fingerprint density at radius 1 is 1.07 bits per heavy atom. The summed E-state index contributed by atoms with van der Waals surface area (Å²) >= 11 is 0. The number of amides is 1. The van der Waals surface area contributed by atoms with Crippen molar-refractivity contribution < 1.29 is 4.79 Å². The van der Waals surface area contributed by atoms with Crippen LogP contribution in [0.5, 0.6) is 0 Å². The minimum atomic E-state index is 0. The van der Waals surface area contributed by atoms with Gasteiger partial charge in [0.15, 0.2) is 0 Å². The van der Waals surface area contributed by atoms with Crippen molar-refractivity contribution in [2.45, 2.75) is 51.6 Å². The van der Waals surface area contributed by atoms with Crippen molar-refractivity contribution in [3.05, 3.63) is 35.4 Å². The van der Waals surface area contributed by atoms with Gasteiger partial charge in [-0.15, -0.1) is 24.8 Å². The Hall–Kier alpha value is -0.810. The smallest absolute Gasteiger partial charge is 0.223 e. The summed E-state index contributed by atoms with van der Waals surface area (Å²) in [6, 6.07) is 8.61. The molecular formula is C21H33Cl2N3O. The number of nitrogens with one attached hydrogen (secondary N) is 2. The van der Waals surface area contributed by atoms with E-state index in [0.717, 1.165) is 38.9 Å². The van der Waals surface area contributed by atoms with Crippen LogP contribution >= 0.6 is 24.8 Å². The molecule has 152 valence electrons. The molecule has 1 amide bonds. The van der Waals surface area contributed by atoms with Gasteiger partial charge in [-0.1, -0.05) is 30.7 Å². The molecule has 2 N–H and O–H groups in total. The SMILES string of the molecule is Cl.Cl.O=C(NCc1ccccc1CN1CCCCC1)C1CC12CCNCC2. The van der Waals surface area contributed by atoms with E-state index in [2.05, 4.69) is 39.8 Å². The second-order valence-electron chi connectivity index (χ2n) is 8.19. The molecule has 27 heavy (non-hydrogen) atoms. The number of hydrogen-bond donors (Lipinski definition) is 2. The summed E-state index contributed by atoms with van der Waals surface area (Å²) < 4.78 is 0. The summed E-state index contributed by atoms with van der Waals surface area (Å²) in [5, 5.41) is 6.64. The molecule has 1 spiro atoms. The van der Waals surface area contributed by atoms with Crippen LogP contribution in [0.3, 0.4) is 0 Å². The summed E-state index contributed by atoms with van der Waals surface area (Å²) in [4.78, 5) is 15.2. The number of piperidine rings is 2. The molecule has 0 radical (unpaired) electrons.